The lowest BCUT2D eigenvalue weighted by molar-refractivity contribution is 0.485. The molecule has 9 heteroatoms. The third-order valence-electron chi connectivity index (χ3n) is 3.08. The first kappa shape index (κ1) is 16.8. The third-order valence-corrected chi connectivity index (χ3v) is 3.61. The average Bonchev–Trinajstić information content (AvgIpc) is 3.14. The second-order valence-corrected chi connectivity index (χ2v) is 5.57. The second kappa shape index (κ2) is 7.66. The average molecular weight is 373 g/mol. The molecule has 0 aliphatic rings. The van der Waals surface area contributed by atoms with Gasteiger partial charge in [0.2, 0.25) is 5.82 Å². The molecule has 3 rings (SSSR count). The molecule has 25 heavy (non-hydrogen) atoms. The first-order chi connectivity index (χ1) is 12.2. The Hall–Kier alpha value is -3.08. The zero-order valence-corrected chi connectivity index (χ0v) is 14.1. The molecule has 0 amide bonds. The van der Waals surface area contributed by atoms with Crippen LogP contribution in [0.5, 0.6) is 11.5 Å². The molecule has 0 fully saturated rings. The number of hydrogen-bond donors (Lipinski definition) is 2. The molecule has 3 aromatic rings. The van der Waals surface area contributed by atoms with Crippen LogP contribution in [0.15, 0.2) is 48.7 Å². The Morgan fingerprint density at radius 3 is 2.76 bits per heavy atom. The van der Waals surface area contributed by atoms with Gasteiger partial charge in [-0.05, 0) is 35.5 Å². The minimum Gasteiger partial charge on any atom is -0.454 e. The maximum Gasteiger partial charge on any atom is 0.216 e. The van der Waals surface area contributed by atoms with Gasteiger partial charge < -0.3 is 10.1 Å². The minimum absolute atomic E-state index is 0.189. The molecule has 1 heterocycles. The summed E-state index contributed by atoms with van der Waals surface area (Å²) >= 11 is 12.0. The zero-order chi connectivity index (χ0) is 17.6. The van der Waals surface area contributed by atoms with Gasteiger partial charge in [-0.15, -0.1) is 10.2 Å². The van der Waals surface area contributed by atoms with Crippen LogP contribution in [0, 0.1) is 11.3 Å². The number of allylic oxidation sites excluding steroid dienone is 1. The second-order valence-electron chi connectivity index (χ2n) is 4.72. The van der Waals surface area contributed by atoms with Gasteiger partial charge in [0.15, 0.2) is 5.75 Å². The number of nitrogens with one attached hydrogen (secondary N) is 2. The number of para-hydroxylation sites is 2. The van der Waals surface area contributed by atoms with Crippen LogP contribution in [0.25, 0.3) is 5.57 Å². The maximum atomic E-state index is 9.20. The molecular weight excluding hydrogens is 363 g/mol. The van der Waals surface area contributed by atoms with E-state index in [4.69, 9.17) is 27.9 Å². The van der Waals surface area contributed by atoms with Crippen molar-refractivity contribution >= 4 is 34.5 Å². The van der Waals surface area contributed by atoms with E-state index in [1.54, 1.807) is 30.3 Å². The summed E-state index contributed by atoms with van der Waals surface area (Å²) in [6, 6.07) is 14.2. The highest BCUT2D eigenvalue weighted by atomic mass is 35.5. The fourth-order valence-electron chi connectivity index (χ4n) is 1.92. The number of nitriles is 1. The Bertz CT molecular complexity index is 950. The fraction of sp³-hybridized carbons (Fsp3) is 0. The lowest BCUT2D eigenvalue weighted by atomic mass is 10.2. The molecule has 2 N–H and O–H groups in total. The lowest BCUT2D eigenvalue weighted by Crippen LogP contribution is -1.96. The highest BCUT2D eigenvalue weighted by Gasteiger charge is 2.09. The summed E-state index contributed by atoms with van der Waals surface area (Å²) in [7, 11) is 0. The van der Waals surface area contributed by atoms with Gasteiger partial charge in [-0.25, -0.2) is 0 Å². The summed E-state index contributed by atoms with van der Waals surface area (Å²) in [6.07, 6.45) is 1.47. The van der Waals surface area contributed by atoms with Crippen LogP contribution < -0.4 is 10.1 Å². The standard InChI is InChI=1S/C16H10Cl2N6O/c17-11-5-6-14(12(18)7-11)25-15-4-2-1-3-13(15)20-9-10(8-19)16-21-23-24-22-16/h1-7,9,20H,(H,21,22,23,24). The lowest BCUT2D eigenvalue weighted by Gasteiger charge is -2.12. The summed E-state index contributed by atoms with van der Waals surface area (Å²) in [5, 5.41) is 26.4. The highest BCUT2D eigenvalue weighted by Crippen LogP contribution is 2.35. The van der Waals surface area contributed by atoms with Gasteiger partial charge in [0.25, 0.3) is 0 Å². The van der Waals surface area contributed by atoms with Crippen molar-refractivity contribution in [2.75, 3.05) is 5.32 Å². The topological polar surface area (TPSA) is 99.5 Å². The van der Waals surface area contributed by atoms with Crippen LogP contribution in [0.2, 0.25) is 10.0 Å². The van der Waals surface area contributed by atoms with Crippen molar-refractivity contribution < 1.29 is 4.74 Å². The van der Waals surface area contributed by atoms with Crippen molar-refractivity contribution in [3.63, 3.8) is 0 Å². The Kier molecular flexibility index (Phi) is 5.14. The molecule has 0 aliphatic heterocycles. The molecule has 1 aromatic heterocycles. The van der Waals surface area contributed by atoms with Crippen LogP contribution in [0.3, 0.4) is 0 Å². The number of rotatable bonds is 5. The Balaban J connectivity index is 1.85. The molecule has 7 nitrogen and oxygen atoms in total. The largest absolute Gasteiger partial charge is 0.454 e. The molecule has 0 spiro atoms. The van der Waals surface area contributed by atoms with Gasteiger partial charge in [0.05, 0.1) is 10.7 Å². The van der Waals surface area contributed by atoms with Gasteiger partial charge in [0.1, 0.15) is 17.4 Å². The van der Waals surface area contributed by atoms with Gasteiger partial charge in [-0.2, -0.15) is 10.5 Å². The van der Waals surface area contributed by atoms with Crippen LogP contribution in [-0.4, -0.2) is 20.6 Å². The minimum atomic E-state index is 0.189. The van der Waals surface area contributed by atoms with Crippen LogP contribution >= 0.6 is 23.2 Å². The van der Waals surface area contributed by atoms with Crippen LogP contribution in [-0.2, 0) is 0 Å². The van der Waals surface area contributed by atoms with Crippen molar-refractivity contribution in [1.29, 1.82) is 5.26 Å². The summed E-state index contributed by atoms with van der Waals surface area (Å²) in [5.41, 5.74) is 0.845. The highest BCUT2D eigenvalue weighted by molar-refractivity contribution is 6.35. The van der Waals surface area contributed by atoms with E-state index in [0.717, 1.165) is 0 Å². The van der Waals surface area contributed by atoms with Crippen molar-refractivity contribution in [1.82, 2.24) is 20.6 Å². The van der Waals surface area contributed by atoms with Gasteiger partial charge in [-0.3, -0.25) is 0 Å². The van der Waals surface area contributed by atoms with Crippen molar-refractivity contribution in [3.8, 4) is 17.6 Å². The van der Waals surface area contributed by atoms with E-state index in [-0.39, 0.29) is 11.4 Å². The molecular formula is C16H10Cl2N6O. The summed E-state index contributed by atoms with van der Waals surface area (Å²) in [4.78, 5) is 0. The number of hydrogen-bond acceptors (Lipinski definition) is 6. The molecule has 0 radical (unpaired) electrons. The molecule has 0 saturated carbocycles. The van der Waals surface area contributed by atoms with E-state index < -0.39 is 0 Å². The molecule has 2 aromatic carbocycles. The number of tetrazole rings is 1. The van der Waals surface area contributed by atoms with Gasteiger partial charge in [-0.1, -0.05) is 35.3 Å². The molecule has 124 valence electrons. The Morgan fingerprint density at radius 2 is 2.04 bits per heavy atom. The van der Waals surface area contributed by atoms with Crippen molar-refractivity contribution in [3.05, 3.63) is 64.5 Å². The predicted octanol–water partition coefficient (Wildman–Crippen LogP) is 4.28. The van der Waals surface area contributed by atoms with E-state index >= 15 is 0 Å². The maximum absolute atomic E-state index is 9.20. The summed E-state index contributed by atoms with van der Waals surface area (Å²) in [5.74, 6) is 1.17. The SMILES string of the molecule is N#CC(=CNc1ccccc1Oc1ccc(Cl)cc1Cl)c1nn[nH]n1. The molecule has 0 unspecified atom stereocenters. The smallest absolute Gasteiger partial charge is 0.216 e. The van der Waals surface area contributed by atoms with E-state index in [1.165, 1.54) is 6.20 Å². The van der Waals surface area contributed by atoms with Gasteiger partial charge in [0, 0.05) is 11.2 Å². The number of nitrogens with zero attached hydrogens (tertiary/aromatic N) is 4. The monoisotopic (exact) mass is 372 g/mol. The number of aromatic nitrogens is 4. The number of aromatic amines is 1. The van der Waals surface area contributed by atoms with E-state index in [1.807, 2.05) is 18.2 Å². The molecule has 0 saturated heterocycles. The Labute approximate surface area is 152 Å². The number of anilines is 1. The van der Waals surface area contributed by atoms with Crippen LogP contribution in [0.4, 0.5) is 5.69 Å². The molecule has 0 bridgehead atoms. The molecule has 0 atom stereocenters. The van der Waals surface area contributed by atoms with Crippen molar-refractivity contribution in [2.45, 2.75) is 0 Å². The first-order valence-electron chi connectivity index (χ1n) is 7.00. The third kappa shape index (κ3) is 4.07. The summed E-state index contributed by atoms with van der Waals surface area (Å²) < 4.78 is 5.84. The zero-order valence-electron chi connectivity index (χ0n) is 12.6. The van der Waals surface area contributed by atoms with Crippen LogP contribution in [0.1, 0.15) is 5.82 Å². The van der Waals surface area contributed by atoms with E-state index in [0.29, 0.717) is 27.2 Å². The number of benzene rings is 2. The number of ether oxygens (including phenoxy) is 1. The van der Waals surface area contributed by atoms with E-state index in [9.17, 15) is 5.26 Å². The van der Waals surface area contributed by atoms with Gasteiger partial charge >= 0.3 is 0 Å². The summed E-state index contributed by atoms with van der Waals surface area (Å²) in [6.45, 7) is 0. The first-order valence-corrected chi connectivity index (χ1v) is 7.75. The van der Waals surface area contributed by atoms with E-state index in [2.05, 4.69) is 25.9 Å². The predicted molar refractivity (Wildman–Crippen MR) is 94.4 cm³/mol. The van der Waals surface area contributed by atoms with Crippen molar-refractivity contribution in [2.24, 2.45) is 0 Å². The quantitative estimate of drug-likeness (QED) is 0.648. The Morgan fingerprint density at radius 1 is 1.20 bits per heavy atom. The number of H-pyrrole nitrogens is 1. The number of halogens is 2. The molecule has 0 aliphatic carbocycles. The fourth-order valence-corrected chi connectivity index (χ4v) is 2.37. The normalized spacial score (nSPS) is 11.0.